The average molecular weight is 360 g/mol. The number of pyridine rings is 1. The number of benzene rings is 1. The molecule has 2 aromatic heterocycles. The summed E-state index contributed by atoms with van der Waals surface area (Å²) in [6.45, 7) is 2.36. The number of carbonyl (C=O) groups is 1. The standard InChI is InChI=1S/C18H18F2N4O2/c1-3-7-22-18(25)15-16(21)24-9-10(19)8-11(17(24)23-15)14-12(20)5-4-6-13(14)26-2/h4-6,8-9H,3,7,21H2,1-2H3,(H,22,25). The Morgan fingerprint density at radius 2 is 2.15 bits per heavy atom. The molecule has 8 heteroatoms. The number of halogens is 2. The highest BCUT2D eigenvalue weighted by Gasteiger charge is 2.22. The molecule has 1 aromatic carbocycles. The lowest BCUT2D eigenvalue weighted by atomic mass is 10.0. The molecule has 0 aliphatic heterocycles. The quantitative estimate of drug-likeness (QED) is 0.733. The molecule has 0 saturated heterocycles. The molecule has 2 heterocycles. The zero-order chi connectivity index (χ0) is 18.8. The molecule has 6 nitrogen and oxygen atoms in total. The van der Waals surface area contributed by atoms with Crippen molar-refractivity contribution in [2.45, 2.75) is 13.3 Å². The molecule has 0 aliphatic rings. The lowest BCUT2D eigenvalue weighted by Crippen LogP contribution is -2.25. The summed E-state index contributed by atoms with van der Waals surface area (Å²) in [4.78, 5) is 16.5. The van der Waals surface area contributed by atoms with Crippen molar-refractivity contribution in [1.29, 1.82) is 0 Å². The Hall–Kier alpha value is -3.16. The maximum atomic E-state index is 14.5. The highest BCUT2D eigenvalue weighted by molar-refractivity contribution is 5.99. The van der Waals surface area contributed by atoms with E-state index in [9.17, 15) is 13.6 Å². The zero-order valence-corrected chi connectivity index (χ0v) is 14.3. The Morgan fingerprint density at radius 3 is 2.85 bits per heavy atom. The van der Waals surface area contributed by atoms with Crippen LogP contribution in [0.1, 0.15) is 23.8 Å². The summed E-state index contributed by atoms with van der Waals surface area (Å²) in [6.07, 6.45) is 1.84. The topological polar surface area (TPSA) is 81.6 Å². The predicted molar refractivity (Wildman–Crippen MR) is 94.1 cm³/mol. The number of rotatable bonds is 5. The zero-order valence-electron chi connectivity index (χ0n) is 14.3. The van der Waals surface area contributed by atoms with Gasteiger partial charge in [-0.3, -0.25) is 9.20 Å². The lowest BCUT2D eigenvalue weighted by molar-refractivity contribution is 0.0950. The summed E-state index contributed by atoms with van der Waals surface area (Å²) in [5.41, 5.74) is 6.29. The van der Waals surface area contributed by atoms with Gasteiger partial charge in [0.2, 0.25) is 0 Å². The van der Waals surface area contributed by atoms with Crippen LogP contribution in [0.2, 0.25) is 0 Å². The van der Waals surface area contributed by atoms with Crippen molar-refractivity contribution in [3.05, 3.63) is 47.8 Å². The first kappa shape index (κ1) is 17.7. The Kier molecular flexibility index (Phi) is 4.75. The maximum Gasteiger partial charge on any atom is 0.273 e. The van der Waals surface area contributed by atoms with Gasteiger partial charge in [0.1, 0.15) is 28.8 Å². The smallest absolute Gasteiger partial charge is 0.273 e. The monoisotopic (exact) mass is 360 g/mol. The van der Waals surface area contributed by atoms with E-state index in [2.05, 4.69) is 10.3 Å². The number of carbonyl (C=O) groups excluding carboxylic acids is 1. The summed E-state index contributed by atoms with van der Waals surface area (Å²) < 4.78 is 35.1. The molecule has 3 aromatic rings. The normalized spacial score (nSPS) is 10.9. The summed E-state index contributed by atoms with van der Waals surface area (Å²) in [7, 11) is 1.39. The highest BCUT2D eigenvalue weighted by atomic mass is 19.1. The van der Waals surface area contributed by atoms with Gasteiger partial charge in [-0.15, -0.1) is 0 Å². The number of methoxy groups -OCH3 is 1. The fourth-order valence-corrected chi connectivity index (χ4v) is 2.74. The van der Waals surface area contributed by atoms with E-state index in [1.54, 1.807) is 6.07 Å². The molecule has 0 bridgehead atoms. The number of nitrogens with one attached hydrogen (secondary N) is 1. The number of imidazole rings is 1. The fraction of sp³-hybridized carbons (Fsp3) is 0.222. The van der Waals surface area contributed by atoms with E-state index in [0.717, 1.165) is 18.7 Å². The van der Waals surface area contributed by atoms with E-state index >= 15 is 0 Å². The molecule has 0 fully saturated rings. The van der Waals surface area contributed by atoms with Crippen LogP contribution in [0.3, 0.4) is 0 Å². The molecule has 0 spiro atoms. The second-order valence-electron chi connectivity index (χ2n) is 5.68. The van der Waals surface area contributed by atoms with Gasteiger partial charge < -0.3 is 15.8 Å². The minimum Gasteiger partial charge on any atom is -0.496 e. The number of aromatic nitrogens is 2. The van der Waals surface area contributed by atoms with Crippen molar-refractivity contribution < 1.29 is 18.3 Å². The van der Waals surface area contributed by atoms with Crippen molar-refractivity contribution in [3.8, 4) is 16.9 Å². The third-order valence-corrected chi connectivity index (χ3v) is 3.94. The lowest BCUT2D eigenvalue weighted by Gasteiger charge is -2.11. The van der Waals surface area contributed by atoms with Crippen molar-refractivity contribution in [1.82, 2.24) is 14.7 Å². The number of nitrogens with two attached hydrogens (primary N) is 1. The van der Waals surface area contributed by atoms with Crippen LogP contribution < -0.4 is 15.8 Å². The first-order valence-electron chi connectivity index (χ1n) is 8.06. The largest absolute Gasteiger partial charge is 0.496 e. The molecular weight excluding hydrogens is 342 g/mol. The van der Waals surface area contributed by atoms with Crippen LogP contribution in [0.25, 0.3) is 16.8 Å². The molecule has 26 heavy (non-hydrogen) atoms. The molecule has 0 saturated carbocycles. The van der Waals surface area contributed by atoms with Gasteiger partial charge in [0.05, 0.1) is 12.7 Å². The third kappa shape index (κ3) is 2.94. The van der Waals surface area contributed by atoms with E-state index in [-0.39, 0.29) is 34.0 Å². The van der Waals surface area contributed by atoms with E-state index in [4.69, 9.17) is 10.5 Å². The van der Waals surface area contributed by atoms with Gasteiger partial charge in [-0.2, -0.15) is 0 Å². The van der Waals surface area contributed by atoms with E-state index in [1.165, 1.54) is 23.6 Å². The number of anilines is 1. The van der Waals surface area contributed by atoms with Crippen molar-refractivity contribution >= 4 is 17.4 Å². The first-order valence-corrected chi connectivity index (χ1v) is 8.06. The van der Waals surface area contributed by atoms with Gasteiger partial charge >= 0.3 is 0 Å². The van der Waals surface area contributed by atoms with E-state index < -0.39 is 17.5 Å². The van der Waals surface area contributed by atoms with Crippen molar-refractivity contribution in [2.24, 2.45) is 0 Å². The number of nitrogens with zero attached hydrogens (tertiary/aromatic N) is 2. The summed E-state index contributed by atoms with van der Waals surface area (Å²) in [5, 5.41) is 2.67. The Labute approximate surface area is 148 Å². The van der Waals surface area contributed by atoms with Gasteiger partial charge in [-0.05, 0) is 24.6 Å². The van der Waals surface area contributed by atoms with Crippen LogP contribution in [-0.2, 0) is 0 Å². The van der Waals surface area contributed by atoms with E-state index in [1.807, 2.05) is 6.92 Å². The molecule has 3 rings (SSSR count). The van der Waals surface area contributed by atoms with Gasteiger partial charge in [-0.1, -0.05) is 13.0 Å². The van der Waals surface area contributed by atoms with Gasteiger partial charge in [-0.25, -0.2) is 13.8 Å². The SMILES string of the molecule is CCCNC(=O)c1nc2c(-c3c(F)cccc3OC)cc(F)cn2c1N. The maximum absolute atomic E-state index is 14.5. The molecule has 0 aliphatic carbocycles. The molecule has 0 unspecified atom stereocenters. The number of hydrogen-bond acceptors (Lipinski definition) is 4. The van der Waals surface area contributed by atoms with Crippen LogP contribution in [0.5, 0.6) is 5.75 Å². The molecule has 3 N–H and O–H groups in total. The van der Waals surface area contributed by atoms with Gasteiger partial charge in [0.15, 0.2) is 5.69 Å². The van der Waals surface area contributed by atoms with Gasteiger partial charge in [0, 0.05) is 18.3 Å². The third-order valence-electron chi connectivity index (χ3n) is 3.94. The number of fused-ring (bicyclic) bond motifs is 1. The van der Waals surface area contributed by atoms with Crippen LogP contribution in [0.4, 0.5) is 14.6 Å². The summed E-state index contributed by atoms with van der Waals surface area (Å²) in [5.74, 6) is -1.53. The van der Waals surface area contributed by atoms with Crippen LogP contribution in [-0.4, -0.2) is 28.9 Å². The van der Waals surface area contributed by atoms with E-state index in [0.29, 0.717) is 6.54 Å². The van der Waals surface area contributed by atoms with Crippen LogP contribution in [0, 0.1) is 11.6 Å². The number of amides is 1. The average Bonchev–Trinajstić information content (AvgIpc) is 2.95. The second kappa shape index (κ2) is 6.99. The Bertz CT molecular complexity index is 985. The molecule has 0 radical (unpaired) electrons. The fourth-order valence-electron chi connectivity index (χ4n) is 2.74. The van der Waals surface area contributed by atoms with Crippen LogP contribution in [0.15, 0.2) is 30.5 Å². The first-order chi connectivity index (χ1) is 12.5. The minimum absolute atomic E-state index is 0.0235. The van der Waals surface area contributed by atoms with Gasteiger partial charge in [0.25, 0.3) is 5.91 Å². The molecule has 1 amide bonds. The Balaban J connectivity index is 2.27. The number of nitrogen functional groups attached to an aromatic ring is 1. The Morgan fingerprint density at radius 1 is 1.38 bits per heavy atom. The number of ether oxygens (including phenoxy) is 1. The minimum atomic E-state index is -0.651. The predicted octanol–water partition coefficient (Wildman–Crippen LogP) is 3.01. The number of hydrogen-bond donors (Lipinski definition) is 2. The molecule has 0 atom stereocenters. The second-order valence-corrected chi connectivity index (χ2v) is 5.68. The molecular formula is C18H18F2N4O2. The summed E-state index contributed by atoms with van der Waals surface area (Å²) in [6, 6.07) is 5.41. The highest BCUT2D eigenvalue weighted by Crippen LogP contribution is 2.36. The van der Waals surface area contributed by atoms with Crippen molar-refractivity contribution in [2.75, 3.05) is 19.4 Å². The molecule has 136 valence electrons. The van der Waals surface area contributed by atoms with Crippen LogP contribution >= 0.6 is 0 Å². The summed E-state index contributed by atoms with van der Waals surface area (Å²) >= 11 is 0. The van der Waals surface area contributed by atoms with Crippen molar-refractivity contribution in [3.63, 3.8) is 0 Å².